The van der Waals surface area contributed by atoms with Crippen LogP contribution in [0, 0.1) is 11.8 Å². The molecule has 3 unspecified atom stereocenters. The largest absolute Gasteiger partial charge is 0.382 e. The van der Waals surface area contributed by atoms with Crippen molar-refractivity contribution in [1.29, 1.82) is 0 Å². The molecule has 140 valence electrons. The van der Waals surface area contributed by atoms with Crippen LogP contribution < -0.4 is 16.1 Å². The van der Waals surface area contributed by atoms with Gasteiger partial charge in [0.1, 0.15) is 12.1 Å². The van der Waals surface area contributed by atoms with Crippen LogP contribution in [0.1, 0.15) is 34.1 Å². The van der Waals surface area contributed by atoms with Crippen LogP contribution in [0.5, 0.6) is 0 Å². The number of nitrogens with one attached hydrogen (secondary N) is 3. The predicted octanol–water partition coefficient (Wildman–Crippen LogP) is -0.113. The Labute approximate surface area is 147 Å². The molecule has 0 aliphatic rings. The molecule has 0 aromatic carbocycles. The number of aliphatic hydroxyl groups is 1. The highest BCUT2D eigenvalue weighted by Crippen LogP contribution is 2.27. The molecule has 0 rings (SSSR count). The molecule has 0 heterocycles. The zero-order chi connectivity index (χ0) is 19.1. The van der Waals surface area contributed by atoms with Crippen LogP contribution in [-0.2, 0) is 14.4 Å². The minimum absolute atomic E-state index is 0.0221. The molecule has 3 amide bonds. The van der Waals surface area contributed by atoms with Gasteiger partial charge >= 0.3 is 0 Å². The Hall–Kier alpha value is -1.32. The fourth-order valence-electron chi connectivity index (χ4n) is 2.20. The van der Waals surface area contributed by atoms with Gasteiger partial charge in [-0.2, -0.15) is 11.8 Å². The normalized spacial score (nSPS) is 15.4. The highest BCUT2D eigenvalue weighted by Gasteiger charge is 2.39. The van der Waals surface area contributed by atoms with Gasteiger partial charge in [-0.3, -0.25) is 19.6 Å². The molecule has 0 saturated heterocycles. The number of likely N-dealkylation sites (N-methyl/N-ethyl adjacent to an activating group) is 1. The molecule has 0 aromatic heterocycles. The van der Waals surface area contributed by atoms with Gasteiger partial charge < -0.3 is 15.7 Å². The standard InChI is InChI=1S/C15H29N3O5S/c1-8(2)7-9(10(19)13(21)18-23)12(20)17-11(14(22)16-5)15(3,4)24-6/h8-11,19,23H,7H2,1-6H3,(H,16,22)(H,17,20)(H,18,21). The van der Waals surface area contributed by atoms with Gasteiger partial charge in [0.25, 0.3) is 5.91 Å². The Balaban J connectivity index is 5.45. The van der Waals surface area contributed by atoms with Crippen LogP contribution in [0.3, 0.4) is 0 Å². The summed E-state index contributed by atoms with van der Waals surface area (Å²) in [6.07, 6.45) is 0.336. The fraction of sp³-hybridized carbons (Fsp3) is 0.800. The molecule has 0 radical (unpaired) electrons. The lowest BCUT2D eigenvalue weighted by molar-refractivity contribution is -0.147. The fourth-order valence-corrected chi connectivity index (χ4v) is 2.60. The Kier molecular flexibility index (Phi) is 9.31. The molecule has 8 nitrogen and oxygen atoms in total. The molecular formula is C15H29N3O5S. The summed E-state index contributed by atoms with van der Waals surface area (Å²) in [6.45, 7) is 7.30. The second-order valence-corrected chi connectivity index (χ2v) is 7.98. The van der Waals surface area contributed by atoms with E-state index in [0.717, 1.165) is 0 Å². The summed E-state index contributed by atoms with van der Waals surface area (Å²) in [7, 11) is 1.47. The Morgan fingerprint density at radius 3 is 2.04 bits per heavy atom. The van der Waals surface area contributed by atoms with Crippen LogP contribution in [-0.4, -0.2) is 58.2 Å². The SMILES string of the molecule is CNC(=O)C(NC(=O)C(CC(C)C)C(O)C(=O)NO)C(C)(C)SC. The molecule has 0 saturated carbocycles. The summed E-state index contributed by atoms with van der Waals surface area (Å²) in [4.78, 5) is 36.2. The topological polar surface area (TPSA) is 128 Å². The van der Waals surface area contributed by atoms with Crippen molar-refractivity contribution in [1.82, 2.24) is 16.1 Å². The van der Waals surface area contributed by atoms with Gasteiger partial charge in [0.15, 0.2) is 0 Å². The molecular weight excluding hydrogens is 334 g/mol. The van der Waals surface area contributed by atoms with E-state index in [1.54, 1.807) is 0 Å². The average Bonchev–Trinajstić information content (AvgIpc) is 2.54. The first-order valence-electron chi connectivity index (χ1n) is 7.70. The van der Waals surface area contributed by atoms with Crippen LogP contribution in [0.4, 0.5) is 0 Å². The lowest BCUT2D eigenvalue weighted by Gasteiger charge is -2.33. The Bertz CT molecular complexity index is 456. The van der Waals surface area contributed by atoms with Crippen molar-refractivity contribution in [2.24, 2.45) is 11.8 Å². The van der Waals surface area contributed by atoms with E-state index in [0.29, 0.717) is 0 Å². The number of carbonyl (C=O) groups excluding carboxylic acids is 3. The summed E-state index contributed by atoms with van der Waals surface area (Å²) in [5.74, 6) is -3.10. The van der Waals surface area contributed by atoms with E-state index in [1.807, 2.05) is 34.0 Å². The third-order valence-corrected chi connectivity index (χ3v) is 5.13. The summed E-state index contributed by atoms with van der Waals surface area (Å²) < 4.78 is -0.595. The maximum Gasteiger partial charge on any atom is 0.272 e. The smallest absolute Gasteiger partial charge is 0.272 e. The van der Waals surface area contributed by atoms with Crippen LogP contribution in [0.25, 0.3) is 0 Å². The second-order valence-electron chi connectivity index (χ2n) is 6.52. The van der Waals surface area contributed by atoms with Crippen LogP contribution in [0.15, 0.2) is 0 Å². The molecule has 24 heavy (non-hydrogen) atoms. The van der Waals surface area contributed by atoms with Gasteiger partial charge in [0.05, 0.1) is 5.92 Å². The van der Waals surface area contributed by atoms with Gasteiger partial charge in [-0.15, -0.1) is 0 Å². The van der Waals surface area contributed by atoms with Crippen molar-refractivity contribution in [3.05, 3.63) is 0 Å². The van der Waals surface area contributed by atoms with Crippen molar-refractivity contribution in [3.8, 4) is 0 Å². The first-order chi connectivity index (χ1) is 11.0. The van der Waals surface area contributed by atoms with Gasteiger partial charge in [-0.05, 0) is 32.4 Å². The molecule has 0 aliphatic heterocycles. The van der Waals surface area contributed by atoms with Gasteiger partial charge in [-0.25, -0.2) is 5.48 Å². The highest BCUT2D eigenvalue weighted by atomic mass is 32.2. The Morgan fingerprint density at radius 2 is 1.67 bits per heavy atom. The lowest BCUT2D eigenvalue weighted by Crippen LogP contribution is -2.58. The van der Waals surface area contributed by atoms with Crippen LogP contribution in [0.2, 0.25) is 0 Å². The molecule has 0 spiro atoms. The maximum atomic E-state index is 12.6. The molecule has 3 atom stereocenters. The van der Waals surface area contributed by atoms with Crippen LogP contribution >= 0.6 is 11.8 Å². The van der Waals surface area contributed by atoms with Crippen molar-refractivity contribution in [2.45, 2.75) is 51.0 Å². The van der Waals surface area contributed by atoms with E-state index >= 15 is 0 Å². The molecule has 0 aliphatic carbocycles. The molecule has 0 fully saturated rings. The zero-order valence-corrected chi connectivity index (χ0v) is 15.9. The monoisotopic (exact) mass is 363 g/mol. The van der Waals surface area contributed by atoms with E-state index in [1.165, 1.54) is 24.3 Å². The number of hydrogen-bond acceptors (Lipinski definition) is 6. The minimum Gasteiger partial charge on any atom is -0.382 e. The van der Waals surface area contributed by atoms with Crippen molar-refractivity contribution < 1.29 is 24.7 Å². The third kappa shape index (κ3) is 6.29. The molecule has 9 heteroatoms. The van der Waals surface area contributed by atoms with E-state index < -0.39 is 34.6 Å². The van der Waals surface area contributed by atoms with Crippen molar-refractivity contribution in [2.75, 3.05) is 13.3 Å². The van der Waals surface area contributed by atoms with E-state index in [9.17, 15) is 19.5 Å². The number of amides is 3. The lowest BCUT2D eigenvalue weighted by atomic mass is 9.90. The summed E-state index contributed by atoms with van der Waals surface area (Å²) in [5, 5.41) is 23.8. The van der Waals surface area contributed by atoms with E-state index in [4.69, 9.17) is 5.21 Å². The van der Waals surface area contributed by atoms with E-state index in [-0.39, 0.29) is 18.2 Å². The quantitative estimate of drug-likeness (QED) is 0.287. The minimum atomic E-state index is -1.71. The highest BCUT2D eigenvalue weighted by molar-refractivity contribution is 8.00. The van der Waals surface area contributed by atoms with Gasteiger partial charge in [0, 0.05) is 11.8 Å². The number of hydroxylamine groups is 1. The summed E-state index contributed by atoms with van der Waals surface area (Å²) in [5.41, 5.74) is 1.35. The number of aliphatic hydroxyl groups excluding tert-OH is 1. The predicted molar refractivity (Wildman–Crippen MR) is 92.5 cm³/mol. The van der Waals surface area contributed by atoms with Gasteiger partial charge in [-0.1, -0.05) is 13.8 Å². The number of hydrogen-bond donors (Lipinski definition) is 5. The number of rotatable bonds is 9. The maximum absolute atomic E-state index is 12.6. The molecule has 0 aromatic rings. The first-order valence-corrected chi connectivity index (χ1v) is 8.93. The van der Waals surface area contributed by atoms with Crippen molar-refractivity contribution in [3.63, 3.8) is 0 Å². The first kappa shape index (κ1) is 22.7. The zero-order valence-electron chi connectivity index (χ0n) is 15.0. The number of thioether (sulfide) groups is 1. The average molecular weight is 363 g/mol. The molecule has 5 N–H and O–H groups in total. The summed E-state index contributed by atoms with van der Waals surface area (Å²) in [6, 6.07) is -0.843. The van der Waals surface area contributed by atoms with Gasteiger partial charge in [0.2, 0.25) is 11.8 Å². The summed E-state index contributed by atoms with van der Waals surface area (Å²) >= 11 is 1.41. The Morgan fingerprint density at radius 1 is 1.12 bits per heavy atom. The third-order valence-electron chi connectivity index (χ3n) is 3.84. The molecule has 0 bridgehead atoms. The second kappa shape index (κ2) is 9.85. The number of carbonyl (C=O) groups is 3. The van der Waals surface area contributed by atoms with E-state index in [2.05, 4.69) is 10.6 Å². The van der Waals surface area contributed by atoms with Crippen molar-refractivity contribution >= 4 is 29.5 Å².